The summed E-state index contributed by atoms with van der Waals surface area (Å²) in [4.78, 5) is 12.2. The van der Waals surface area contributed by atoms with E-state index in [2.05, 4.69) is 5.32 Å². The van der Waals surface area contributed by atoms with E-state index in [9.17, 15) is 4.79 Å². The van der Waals surface area contributed by atoms with Crippen LogP contribution in [0.5, 0.6) is 0 Å². The van der Waals surface area contributed by atoms with Gasteiger partial charge in [-0.05, 0) is 56.8 Å². The number of nitrogens with zero attached hydrogens (tertiary/aromatic N) is 1. The Morgan fingerprint density at radius 2 is 1.47 bits per heavy atom. The molecule has 0 saturated carbocycles. The van der Waals surface area contributed by atoms with Crippen molar-refractivity contribution in [2.24, 2.45) is 0 Å². The lowest BCUT2D eigenvalue weighted by atomic mass is 10.1. The molecule has 2 aliphatic heterocycles. The summed E-state index contributed by atoms with van der Waals surface area (Å²) in [7, 11) is 0. The molecule has 1 amide bonds. The van der Waals surface area contributed by atoms with Crippen LogP contribution in [0, 0.1) is 0 Å². The highest BCUT2D eigenvalue weighted by molar-refractivity contribution is 6.62. The monoisotopic (exact) mass is 232 g/mol. The maximum Gasteiger partial charge on any atom is 0.316 e. The summed E-state index contributed by atoms with van der Waals surface area (Å²) in [5.41, 5.74) is 0. The molecule has 0 atom stereocenters. The Bertz CT molecular complexity index is 166. The van der Waals surface area contributed by atoms with E-state index < -0.39 is 0 Å². The van der Waals surface area contributed by atoms with Gasteiger partial charge in [-0.2, -0.15) is 0 Å². The summed E-state index contributed by atoms with van der Waals surface area (Å²) in [6, 6.07) is 0. The second-order valence-electron chi connectivity index (χ2n) is 4.11. The van der Waals surface area contributed by atoms with E-state index in [4.69, 9.17) is 11.6 Å². The molecule has 2 rings (SSSR count). The lowest BCUT2D eigenvalue weighted by Crippen LogP contribution is -2.31. The van der Waals surface area contributed by atoms with Gasteiger partial charge in [0.1, 0.15) is 0 Å². The fraction of sp³-hybridized carbons (Fsp3) is 0.909. The molecular formula is C11H21ClN2O. The third kappa shape index (κ3) is 6.00. The number of hydrogen-bond acceptors (Lipinski definition) is 2. The van der Waals surface area contributed by atoms with Crippen LogP contribution in [-0.2, 0) is 0 Å². The summed E-state index contributed by atoms with van der Waals surface area (Å²) in [5.74, 6) is 0. The summed E-state index contributed by atoms with van der Waals surface area (Å²) in [6.45, 7) is 4.20. The lowest BCUT2D eigenvalue weighted by molar-refractivity contribution is 0.210. The van der Waals surface area contributed by atoms with Gasteiger partial charge in [0.2, 0.25) is 0 Å². The molecule has 0 unspecified atom stereocenters. The van der Waals surface area contributed by atoms with E-state index in [-0.39, 0.29) is 5.37 Å². The molecule has 0 aromatic heterocycles. The molecule has 15 heavy (non-hydrogen) atoms. The van der Waals surface area contributed by atoms with E-state index >= 15 is 0 Å². The second kappa shape index (κ2) is 7.94. The smallest absolute Gasteiger partial charge is 0.316 e. The van der Waals surface area contributed by atoms with E-state index in [1.165, 1.54) is 38.8 Å². The third-order valence-electron chi connectivity index (χ3n) is 2.81. The molecule has 0 aromatic carbocycles. The maximum absolute atomic E-state index is 10.5. The van der Waals surface area contributed by atoms with E-state index in [1.54, 1.807) is 4.90 Å². The topological polar surface area (TPSA) is 32.3 Å². The van der Waals surface area contributed by atoms with Crippen molar-refractivity contribution >= 4 is 17.0 Å². The van der Waals surface area contributed by atoms with Crippen LogP contribution in [0.25, 0.3) is 0 Å². The fourth-order valence-electron chi connectivity index (χ4n) is 1.87. The van der Waals surface area contributed by atoms with Crippen molar-refractivity contribution in [3.8, 4) is 0 Å². The van der Waals surface area contributed by atoms with Crippen molar-refractivity contribution in [2.45, 2.75) is 38.5 Å². The zero-order valence-corrected chi connectivity index (χ0v) is 10.1. The standard InChI is InChI=1S/C6H10ClNO.C5H11N/c7-6(9)8-4-2-1-3-5-8;1-2-4-6-5-3-1/h1-5H2;6H,1-5H2. The number of halogens is 1. The number of rotatable bonds is 0. The molecule has 1 N–H and O–H groups in total. The van der Waals surface area contributed by atoms with Gasteiger partial charge in [0.25, 0.3) is 0 Å². The molecule has 4 heteroatoms. The molecule has 3 nitrogen and oxygen atoms in total. The molecule has 0 radical (unpaired) electrons. The molecule has 0 aromatic rings. The molecule has 2 saturated heterocycles. The Morgan fingerprint density at radius 3 is 1.73 bits per heavy atom. The lowest BCUT2D eigenvalue weighted by Gasteiger charge is -2.23. The Hall–Kier alpha value is -0.280. The van der Waals surface area contributed by atoms with Gasteiger partial charge in [0.15, 0.2) is 0 Å². The van der Waals surface area contributed by atoms with Crippen LogP contribution in [0.3, 0.4) is 0 Å². The van der Waals surface area contributed by atoms with Crippen molar-refractivity contribution in [3.05, 3.63) is 0 Å². The van der Waals surface area contributed by atoms with Gasteiger partial charge < -0.3 is 10.2 Å². The molecule has 2 fully saturated rings. The number of piperidine rings is 2. The van der Waals surface area contributed by atoms with Gasteiger partial charge in [-0.3, -0.25) is 4.79 Å². The average molecular weight is 233 g/mol. The van der Waals surface area contributed by atoms with Crippen molar-refractivity contribution in [3.63, 3.8) is 0 Å². The highest BCUT2D eigenvalue weighted by Crippen LogP contribution is 2.10. The summed E-state index contributed by atoms with van der Waals surface area (Å²) in [6.07, 6.45) is 7.67. The van der Waals surface area contributed by atoms with Gasteiger partial charge >= 0.3 is 5.37 Å². The first-order valence-corrected chi connectivity index (χ1v) is 6.33. The highest BCUT2D eigenvalue weighted by Gasteiger charge is 2.12. The third-order valence-corrected chi connectivity index (χ3v) is 3.05. The highest BCUT2D eigenvalue weighted by atomic mass is 35.5. The van der Waals surface area contributed by atoms with Crippen LogP contribution in [-0.4, -0.2) is 36.4 Å². The van der Waals surface area contributed by atoms with Crippen LogP contribution >= 0.6 is 11.6 Å². The molecule has 0 spiro atoms. The first-order chi connectivity index (χ1) is 7.30. The first kappa shape index (κ1) is 12.8. The van der Waals surface area contributed by atoms with Gasteiger partial charge in [0.05, 0.1) is 0 Å². The average Bonchev–Trinajstić information content (AvgIpc) is 2.33. The minimum Gasteiger partial charge on any atom is -0.329 e. The zero-order chi connectivity index (χ0) is 10.9. The Morgan fingerprint density at radius 1 is 0.933 bits per heavy atom. The van der Waals surface area contributed by atoms with Crippen molar-refractivity contribution < 1.29 is 4.79 Å². The zero-order valence-electron chi connectivity index (χ0n) is 9.30. The van der Waals surface area contributed by atoms with Crippen LogP contribution in [0.1, 0.15) is 38.5 Å². The number of nitrogens with one attached hydrogen (secondary N) is 1. The van der Waals surface area contributed by atoms with Crippen LogP contribution in [0.4, 0.5) is 4.79 Å². The van der Waals surface area contributed by atoms with Crippen molar-refractivity contribution in [1.82, 2.24) is 10.2 Å². The van der Waals surface area contributed by atoms with E-state index in [1.807, 2.05) is 0 Å². The number of amides is 1. The maximum atomic E-state index is 10.5. The van der Waals surface area contributed by atoms with Crippen molar-refractivity contribution in [1.29, 1.82) is 0 Å². The molecule has 0 aliphatic carbocycles. The van der Waals surface area contributed by atoms with E-state index in [0.29, 0.717) is 0 Å². The molecule has 2 aliphatic rings. The van der Waals surface area contributed by atoms with Gasteiger partial charge in [-0.15, -0.1) is 0 Å². The minimum atomic E-state index is -0.297. The number of likely N-dealkylation sites (tertiary alicyclic amines) is 1. The van der Waals surface area contributed by atoms with Gasteiger partial charge in [0, 0.05) is 13.1 Å². The Labute approximate surface area is 97.2 Å². The Balaban J connectivity index is 0.000000162. The molecule has 88 valence electrons. The number of carbonyl (C=O) groups excluding carboxylic acids is 1. The van der Waals surface area contributed by atoms with Gasteiger partial charge in [-0.25, -0.2) is 0 Å². The molecular weight excluding hydrogens is 212 g/mol. The second-order valence-corrected chi connectivity index (χ2v) is 4.43. The fourth-order valence-corrected chi connectivity index (χ4v) is 2.04. The summed E-state index contributed by atoms with van der Waals surface area (Å²) in [5, 5.41) is 2.99. The SMILES string of the molecule is C1CCNCC1.O=C(Cl)N1CCCCC1. The first-order valence-electron chi connectivity index (χ1n) is 5.96. The van der Waals surface area contributed by atoms with Crippen LogP contribution in [0.15, 0.2) is 0 Å². The normalized spacial score (nSPS) is 21.5. The van der Waals surface area contributed by atoms with Crippen LogP contribution in [0.2, 0.25) is 0 Å². The van der Waals surface area contributed by atoms with E-state index in [0.717, 1.165) is 25.9 Å². The quantitative estimate of drug-likeness (QED) is 0.514. The minimum absolute atomic E-state index is 0.297. The van der Waals surface area contributed by atoms with Crippen molar-refractivity contribution in [2.75, 3.05) is 26.2 Å². The predicted octanol–water partition coefficient (Wildman–Crippen LogP) is 2.59. The van der Waals surface area contributed by atoms with Gasteiger partial charge in [-0.1, -0.05) is 6.42 Å². The summed E-state index contributed by atoms with van der Waals surface area (Å²) >= 11 is 5.24. The number of carbonyl (C=O) groups is 1. The largest absolute Gasteiger partial charge is 0.329 e. The molecule has 0 bridgehead atoms. The Kier molecular flexibility index (Phi) is 6.77. The molecule has 2 heterocycles. The summed E-state index contributed by atoms with van der Waals surface area (Å²) < 4.78 is 0. The van der Waals surface area contributed by atoms with Crippen LogP contribution < -0.4 is 5.32 Å². The number of hydrogen-bond donors (Lipinski definition) is 1. The predicted molar refractivity (Wildman–Crippen MR) is 63.4 cm³/mol.